The molecule has 0 aromatic heterocycles. The van der Waals surface area contributed by atoms with E-state index in [1.54, 1.807) is 0 Å². The molecule has 0 saturated heterocycles. The monoisotopic (exact) mass is 165 g/mol. The third kappa shape index (κ3) is 1.56. The molecule has 0 fully saturated rings. The molecule has 3 heteroatoms. The summed E-state index contributed by atoms with van der Waals surface area (Å²) in [6, 6.07) is 0. The normalized spacial score (nSPS) is 15.3. The largest absolute Gasteiger partial charge is 0.421 e. The van der Waals surface area contributed by atoms with E-state index in [1.165, 1.54) is 12.3 Å². The van der Waals surface area contributed by atoms with Crippen molar-refractivity contribution >= 4 is 5.97 Å². The molecule has 0 aliphatic carbocycles. The Morgan fingerprint density at radius 1 is 1.67 bits per heavy atom. The van der Waals surface area contributed by atoms with Crippen LogP contribution in [0.15, 0.2) is 35.9 Å². The predicted octanol–water partition coefficient (Wildman–Crippen LogP) is 1.45. The van der Waals surface area contributed by atoms with Gasteiger partial charge in [0.15, 0.2) is 5.76 Å². The number of allylic oxidation sites excluding steroid dienone is 1. The summed E-state index contributed by atoms with van der Waals surface area (Å²) < 4.78 is 4.93. The van der Waals surface area contributed by atoms with Crippen LogP contribution in [0.4, 0.5) is 0 Å². The minimum absolute atomic E-state index is 0.337. The van der Waals surface area contributed by atoms with Gasteiger partial charge < -0.3 is 10.1 Å². The van der Waals surface area contributed by atoms with Crippen LogP contribution in [0, 0.1) is 0 Å². The Morgan fingerprint density at radius 3 is 2.83 bits per heavy atom. The van der Waals surface area contributed by atoms with Crippen LogP contribution in [0.5, 0.6) is 0 Å². The minimum atomic E-state index is -0.337. The maximum Gasteiger partial charge on any atom is 0.338 e. The summed E-state index contributed by atoms with van der Waals surface area (Å²) in [5.41, 5.74) is 1.64. The lowest BCUT2D eigenvalue weighted by molar-refractivity contribution is -0.132. The molecule has 0 aromatic carbocycles. The molecule has 0 saturated carbocycles. The second-order valence-corrected chi connectivity index (χ2v) is 2.66. The van der Waals surface area contributed by atoms with Crippen molar-refractivity contribution in [2.75, 3.05) is 0 Å². The maximum atomic E-state index is 10.8. The fourth-order valence-electron chi connectivity index (χ4n) is 0.957. The molecule has 1 rings (SSSR count). The fraction of sp³-hybridized carbons (Fsp3) is 0.222. The first-order chi connectivity index (χ1) is 5.65. The molecule has 3 nitrogen and oxygen atoms in total. The van der Waals surface area contributed by atoms with E-state index in [1.807, 2.05) is 13.8 Å². The average Bonchev–Trinajstić information content (AvgIpc) is 2.32. The highest BCUT2D eigenvalue weighted by molar-refractivity contribution is 5.88. The first kappa shape index (κ1) is 8.59. The predicted molar refractivity (Wildman–Crippen MR) is 45.9 cm³/mol. The highest BCUT2D eigenvalue weighted by atomic mass is 16.5. The van der Waals surface area contributed by atoms with E-state index in [-0.39, 0.29) is 5.97 Å². The van der Waals surface area contributed by atoms with Crippen LogP contribution in [0.1, 0.15) is 13.8 Å². The van der Waals surface area contributed by atoms with Crippen LogP contribution >= 0.6 is 0 Å². The molecule has 64 valence electrons. The van der Waals surface area contributed by atoms with Crippen LogP contribution in [-0.4, -0.2) is 5.97 Å². The smallest absolute Gasteiger partial charge is 0.338 e. The molecule has 0 unspecified atom stereocenters. The highest BCUT2D eigenvalue weighted by Crippen LogP contribution is 2.20. The quantitative estimate of drug-likeness (QED) is 0.629. The van der Waals surface area contributed by atoms with Crippen molar-refractivity contribution in [1.82, 2.24) is 5.32 Å². The highest BCUT2D eigenvalue weighted by Gasteiger charge is 2.19. The summed E-state index contributed by atoms with van der Waals surface area (Å²) in [6.45, 7) is 7.26. The zero-order valence-electron chi connectivity index (χ0n) is 7.18. The second kappa shape index (κ2) is 3.26. The van der Waals surface area contributed by atoms with Gasteiger partial charge in [0, 0.05) is 0 Å². The van der Waals surface area contributed by atoms with Crippen LogP contribution in [-0.2, 0) is 9.53 Å². The summed E-state index contributed by atoms with van der Waals surface area (Å²) in [7, 11) is 0. The zero-order chi connectivity index (χ0) is 9.14. The van der Waals surface area contributed by atoms with Crippen LogP contribution < -0.4 is 5.32 Å². The number of carbonyl (C=O) groups excluding carboxylic acids is 1. The van der Waals surface area contributed by atoms with Crippen LogP contribution in [0.25, 0.3) is 0 Å². The van der Waals surface area contributed by atoms with Gasteiger partial charge in [0.25, 0.3) is 0 Å². The Bertz CT molecular complexity index is 283. The molecule has 1 aliphatic rings. The maximum absolute atomic E-state index is 10.8. The van der Waals surface area contributed by atoms with E-state index in [0.717, 1.165) is 5.57 Å². The van der Waals surface area contributed by atoms with Gasteiger partial charge in [-0.25, -0.2) is 4.79 Å². The van der Waals surface area contributed by atoms with Crippen molar-refractivity contribution in [2.24, 2.45) is 0 Å². The van der Waals surface area contributed by atoms with E-state index < -0.39 is 0 Å². The molecule has 0 aromatic rings. The van der Waals surface area contributed by atoms with E-state index >= 15 is 0 Å². The third-order valence-electron chi connectivity index (χ3n) is 1.42. The van der Waals surface area contributed by atoms with Gasteiger partial charge in [0.05, 0.1) is 11.8 Å². The van der Waals surface area contributed by atoms with Gasteiger partial charge in [-0.3, -0.25) is 0 Å². The molecule has 12 heavy (non-hydrogen) atoms. The molecular weight excluding hydrogens is 154 g/mol. The SMILES string of the molecule is C=CNC1=CC(=O)OC1=C(C)C. The lowest BCUT2D eigenvalue weighted by atomic mass is 10.2. The standard InChI is InChI=1S/C9H11NO2/c1-4-10-7-5-8(11)12-9(7)6(2)3/h4-5,10H,1H2,2-3H3. The molecule has 1 N–H and O–H groups in total. The van der Waals surface area contributed by atoms with Crippen LogP contribution in [0.3, 0.4) is 0 Å². The van der Waals surface area contributed by atoms with Gasteiger partial charge in [0.2, 0.25) is 0 Å². The van der Waals surface area contributed by atoms with Gasteiger partial charge in [-0.15, -0.1) is 0 Å². The number of nitrogens with one attached hydrogen (secondary N) is 1. The van der Waals surface area contributed by atoms with Gasteiger partial charge >= 0.3 is 5.97 Å². The topological polar surface area (TPSA) is 38.3 Å². The van der Waals surface area contributed by atoms with E-state index in [9.17, 15) is 4.79 Å². The summed E-state index contributed by atoms with van der Waals surface area (Å²) in [6.07, 6.45) is 2.92. The molecule has 1 aliphatic heterocycles. The van der Waals surface area contributed by atoms with Crippen molar-refractivity contribution in [3.63, 3.8) is 0 Å². The molecule has 0 amide bonds. The van der Waals surface area contributed by atoms with Crippen molar-refractivity contribution in [2.45, 2.75) is 13.8 Å². The van der Waals surface area contributed by atoms with E-state index in [4.69, 9.17) is 4.74 Å². The molecule has 1 heterocycles. The number of esters is 1. The van der Waals surface area contributed by atoms with Gasteiger partial charge in [0.1, 0.15) is 0 Å². The average molecular weight is 165 g/mol. The number of hydrogen-bond acceptors (Lipinski definition) is 3. The van der Waals surface area contributed by atoms with E-state index in [0.29, 0.717) is 11.5 Å². The number of rotatable bonds is 2. The first-order valence-corrected chi connectivity index (χ1v) is 3.64. The molecule has 0 atom stereocenters. The molecule has 0 spiro atoms. The Kier molecular flexibility index (Phi) is 2.33. The van der Waals surface area contributed by atoms with Crippen molar-refractivity contribution < 1.29 is 9.53 Å². The number of cyclic esters (lactones) is 1. The Balaban J connectivity index is 2.95. The first-order valence-electron chi connectivity index (χ1n) is 3.64. The Morgan fingerprint density at radius 2 is 2.33 bits per heavy atom. The number of hydrogen-bond donors (Lipinski definition) is 1. The second-order valence-electron chi connectivity index (χ2n) is 2.66. The lowest BCUT2D eigenvalue weighted by Crippen LogP contribution is -2.05. The summed E-state index contributed by atoms with van der Waals surface area (Å²) >= 11 is 0. The molecule has 0 radical (unpaired) electrons. The Hall–Kier alpha value is -1.51. The lowest BCUT2D eigenvalue weighted by Gasteiger charge is -2.04. The fourth-order valence-corrected chi connectivity index (χ4v) is 0.957. The molecular formula is C9H11NO2. The summed E-state index contributed by atoms with van der Waals surface area (Å²) in [5, 5.41) is 2.83. The van der Waals surface area contributed by atoms with Gasteiger partial charge in [-0.05, 0) is 25.6 Å². The Labute approximate surface area is 71.4 Å². The van der Waals surface area contributed by atoms with Crippen molar-refractivity contribution in [1.29, 1.82) is 0 Å². The van der Waals surface area contributed by atoms with Gasteiger partial charge in [-0.1, -0.05) is 6.58 Å². The van der Waals surface area contributed by atoms with Crippen LogP contribution in [0.2, 0.25) is 0 Å². The molecule has 0 bridgehead atoms. The number of ether oxygens (including phenoxy) is 1. The van der Waals surface area contributed by atoms with E-state index in [2.05, 4.69) is 11.9 Å². The van der Waals surface area contributed by atoms with Gasteiger partial charge in [-0.2, -0.15) is 0 Å². The third-order valence-corrected chi connectivity index (χ3v) is 1.42. The van der Waals surface area contributed by atoms with Crippen molar-refractivity contribution in [3.05, 3.63) is 35.9 Å². The number of carbonyl (C=O) groups is 1. The van der Waals surface area contributed by atoms with Crippen molar-refractivity contribution in [3.8, 4) is 0 Å². The summed E-state index contributed by atoms with van der Waals surface area (Å²) in [4.78, 5) is 10.8. The summed E-state index contributed by atoms with van der Waals surface area (Å²) in [5.74, 6) is 0.260. The minimum Gasteiger partial charge on any atom is -0.421 e. The zero-order valence-corrected chi connectivity index (χ0v) is 7.18.